The fourth-order valence-electron chi connectivity index (χ4n) is 3.04. The van der Waals surface area contributed by atoms with Gasteiger partial charge in [0.15, 0.2) is 5.58 Å². The highest BCUT2D eigenvalue weighted by Crippen LogP contribution is 2.34. The number of nitrogens with zero attached hydrogens (tertiary/aromatic N) is 1. The summed E-state index contributed by atoms with van der Waals surface area (Å²) in [7, 11) is 0. The molecular weight excluding hydrogens is 352 g/mol. The number of aromatic amines is 1. The number of benzene rings is 3. The van der Waals surface area contributed by atoms with Gasteiger partial charge in [0.25, 0.3) is 0 Å². The molecule has 0 bridgehead atoms. The Morgan fingerprint density at radius 2 is 1.74 bits per heavy atom. The number of H-pyrrole nitrogens is 1. The fourth-order valence-corrected chi connectivity index (χ4v) is 3.40. The molecule has 0 aliphatic rings. The van der Waals surface area contributed by atoms with E-state index in [2.05, 4.69) is 45.2 Å². The third kappa shape index (κ3) is 1.92. The molecule has 0 aliphatic heterocycles. The molecule has 2 aromatic heterocycles. The van der Waals surface area contributed by atoms with Crippen molar-refractivity contribution in [3.8, 4) is 11.5 Å². The topological polar surface area (TPSA) is 41.8 Å². The summed E-state index contributed by atoms with van der Waals surface area (Å²) in [5, 5.41) is 2.35. The van der Waals surface area contributed by atoms with Crippen molar-refractivity contribution >= 4 is 48.8 Å². The minimum Gasteiger partial charge on any atom is -0.436 e. The summed E-state index contributed by atoms with van der Waals surface area (Å²) in [6.07, 6.45) is 0. The zero-order valence-electron chi connectivity index (χ0n) is 12.0. The molecule has 5 rings (SSSR count). The molecule has 0 aliphatic carbocycles. The van der Waals surface area contributed by atoms with E-state index in [-0.39, 0.29) is 0 Å². The zero-order valence-corrected chi connectivity index (χ0v) is 13.6. The van der Waals surface area contributed by atoms with Gasteiger partial charge in [0.2, 0.25) is 5.89 Å². The molecule has 0 amide bonds. The van der Waals surface area contributed by atoms with Crippen LogP contribution in [0.15, 0.2) is 69.6 Å². The van der Waals surface area contributed by atoms with Crippen LogP contribution in [0.5, 0.6) is 0 Å². The summed E-state index contributed by atoms with van der Waals surface area (Å²) >= 11 is 3.52. The zero-order chi connectivity index (χ0) is 15.4. The Morgan fingerprint density at radius 1 is 0.913 bits per heavy atom. The smallest absolute Gasteiger partial charge is 0.227 e. The van der Waals surface area contributed by atoms with Crippen molar-refractivity contribution in [1.29, 1.82) is 0 Å². The molecular formula is C19H11BrN2O. The van der Waals surface area contributed by atoms with Gasteiger partial charge in [0, 0.05) is 26.3 Å². The van der Waals surface area contributed by atoms with Gasteiger partial charge in [-0.15, -0.1) is 0 Å². The van der Waals surface area contributed by atoms with Gasteiger partial charge in [-0.3, -0.25) is 0 Å². The molecule has 4 heteroatoms. The summed E-state index contributed by atoms with van der Waals surface area (Å²) < 4.78 is 7.00. The fraction of sp³-hybridized carbons (Fsp3) is 0. The summed E-state index contributed by atoms with van der Waals surface area (Å²) in [6, 6.07) is 20.3. The van der Waals surface area contributed by atoms with E-state index < -0.39 is 0 Å². The van der Waals surface area contributed by atoms with Crippen molar-refractivity contribution in [3.05, 3.63) is 65.1 Å². The summed E-state index contributed by atoms with van der Waals surface area (Å²) in [5.74, 6) is 0.646. The summed E-state index contributed by atoms with van der Waals surface area (Å²) in [4.78, 5) is 8.19. The Hall–Kier alpha value is -2.59. The second-order valence-electron chi connectivity index (χ2n) is 5.53. The Balaban J connectivity index is 1.85. The number of halogens is 1. The highest BCUT2D eigenvalue weighted by atomic mass is 79.9. The first-order valence-corrected chi connectivity index (χ1v) is 8.15. The number of hydrogen-bond acceptors (Lipinski definition) is 2. The van der Waals surface area contributed by atoms with Crippen LogP contribution in [-0.4, -0.2) is 9.97 Å². The van der Waals surface area contributed by atoms with E-state index in [0.717, 1.165) is 37.6 Å². The van der Waals surface area contributed by atoms with Crippen LogP contribution < -0.4 is 0 Å². The molecule has 3 aromatic carbocycles. The molecule has 0 unspecified atom stereocenters. The number of nitrogens with one attached hydrogen (secondary N) is 1. The predicted molar refractivity (Wildman–Crippen MR) is 96.5 cm³/mol. The highest BCUT2D eigenvalue weighted by Gasteiger charge is 2.14. The lowest BCUT2D eigenvalue weighted by Crippen LogP contribution is -1.76. The lowest BCUT2D eigenvalue weighted by atomic mass is 10.1. The maximum Gasteiger partial charge on any atom is 0.227 e. The number of fused-ring (bicyclic) bond motifs is 5. The molecule has 0 saturated carbocycles. The number of rotatable bonds is 1. The van der Waals surface area contributed by atoms with Gasteiger partial charge in [-0.1, -0.05) is 40.2 Å². The van der Waals surface area contributed by atoms with E-state index in [0.29, 0.717) is 5.89 Å². The van der Waals surface area contributed by atoms with Crippen molar-refractivity contribution in [2.45, 2.75) is 0 Å². The van der Waals surface area contributed by atoms with Crippen LogP contribution in [-0.2, 0) is 0 Å². The molecule has 0 spiro atoms. The first-order valence-electron chi connectivity index (χ1n) is 7.35. The van der Waals surface area contributed by atoms with Crippen LogP contribution in [0.4, 0.5) is 0 Å². The SMILES string of the molecule is Brc1ccc2c(c1)[nH]c1c2ccc2oc(-c3ccccc3)nc21. The van der Waals surface area contributed by atoms with E-state index in [1.807, 2.05) is 36.4 Å². The number of hydrogen-bond donors (Lipinski definition) is 1. The highest BCUT2D eigenvalue weighted by molar-refractivity contribution is 9.10. The lowest BCUT2D eigenvalue weighted by molar-refractivity contribution is 0.620. The molecule has 0 atom stereocenters. The van der Waals surface area contributed by atoms with Crippen LogP contribution in [0, 0.1) is 0 Å². The molecule has 23 heavy (non-hydrogen) atoms. The average Bonchev–Trinajstić information content (AvgIpc) is 3.15. The minimum atomic E-state index is 0.646. The molecule has 1 N–H and O–H groups in total. The van der Waals surface area contributed by atoms with E-state index in [1.165, 1.54) is 5.39 Å². The molecule has 110 valence electrons. The Labute approximate surface area is 140 Å². The monoisotopic (exact) mass is 362 g/mol. The first kappa shape index (κ1) is 12.9. The van der Waals surface area contributed by atoms with Crippen molar-refractivity contribution in [2.75, 3.05) is 0 Å². The first-order chi connectivity index (χ1) is 11.3. The lowest BCUT2D eigenvalue weighted by Gasteiger charge is -1.92. The van der Waals surface area contributed by atoms with Crippen LogP contribution in [0.2, 0.25) is 0 Å². The van der Waals surface area contributed by atoms with Gasteiger partial charge in [-0.25, -0.2) is 4.98 Å². The van der Waals surface area contributed by atoms with Gasteiger partial charge in [-0.2, -0.15) is 0 Å². The predicted octanol–water partition coefficient (Wildman–Crippen LogP) is 5.89. The van der Waals surface area contributed by atoms with Gasteiger partial charge in [0.05, 0.1) is 5.52 Å². The Kier molecular flexibility index (Phi) is 2.64. The average molecular weight is 363 g/mol. The molecule has 0 saturated heterocycles. The van der Waals surface area contributed by atoms with E-state index in [9.17, 15) is 0 Å². The molecule has 0 fully saturated rings. The Bertz CT molecular complexity index is 1170. The molecule has 5 aromatic rings. The van der Waals surface area contributed by atoms with E-state index in [1.54, 1.807) is 0 Å². The third-order valence-corrected chi connectivity index (χ3v) is 4.61. The van der Waals surface area contributed by atoms with Crippen LogP contribution in [0.3, 0.4) is 0 Å². The van der Waals surface area contributed by atoms with Crippen LogP contribution >= 0.6 is 15.9 Å². The second kappa shape index (κ2) is 4.70. The summed E-state index contributed by atoms with van der Waals surface area (Å²) in [6.45, 7) is 0. The van der Waals surface area contributed by atoms with E-state index in [4.69, 9.17) is 9.40 Å². The van der Waals surface area contributed by atoms with Gasteiger partial charge in [-0.05, 0) is 36.4 Å². The maximum absolute atomic E-state index is 5.94. The van der Waals surface area contributed by atoms with E-state index >= 15 is 0 Å². The van der Waals surface area contributed by atoms with Gasteiger partial charge < -0.3 is 9.40 Å². The van der Waals surface area contributed by atoms with Crippen molar-refractivity contribution in [1.82, 2.24) is 9.97 Å². The van der Waals surface area contributed by atoms with Crippen LogP contribution in [0.1, 0.15) is 0 Å². The largest absolute Gasteiger partial charge is 0.436 e. The molecule has 3 nitrogen and oxygen atoms in total. The van der Waals surface area contributed by atoms with Gasteiger partial charge >= 0.3 is 0 Å². The second-order valence-corrected chi connectivity index (χ2v) is 6.45. The van der Waals surface area contributed by atoms with Gasteiger partial charge in [0.1, 0.15) is 5.52 Å². The molecule has 0 radical (unpaired) electrons. The third-order valence-electron chi connectivity index (χ3n) is 4.11. The van der Waals surface area contributed by atoms with Crippen LogP contribution in [0.25, 0.3) is 44.4 Å². The van der Waals surface area contributed by atoms with Crippen molar-refractivity contribution < 1.29 is 4.42 Å². The quantitative estimate of drug-likeness (QED) is 0.403. The maximum atomic E-state index is 5.94. The summed E-state index contributed by atoms with van der Waals surface area (Å²) in [5.41, 5.74) is 4.75. The number of oxazole rings is 1. The van der Waals surface area contributed by atoms with Crippen molar-refractivity contribution in [3.63, 3.8) is 0 Å². The minimum absolute atomic E-state index is 0.646. The number of aromatic nitrogens is 2. The molecule has 2 heterocycles. The van der Waals surface area contributed by atoms with Crippen molar-refractivity contribution in [2.24, 2.45) is 0 Å². The Morgan fingerprint density at radius 3 is 2.61 bits per heavy atom. The normalized spacial score (nSPS) is 11.7. The standard InChI is InChI=1S/C19H11BrN2O/c20-12-6-7-13-14-8-9-16-18(17(14)21-15(13)10-12)22-19(23-16)11-4-2-1-3-5-11/h1-10,21H.